The number of aliphatic carboxylic acids is 2. The molecule has 19 heavy (non-hydrogen) atoms. The average molecular weight is 419 g/mol. The maximum absolute atomic E-state index is 9.63. The van der Waals surface area contributed by atoms with Gasteiger partial charge in [0.2, 0.25) is 0 Å². The van der Waals surface area contributed by atoms with Crippen molar-refractivity contribution in [2.45, 2.75) is 12.1 Å². The fraction of sp³-hybridized carbons (Fsp3) is 0.750. The summed E-state index contributed by atoms with van der Waals surface area (Å²) >= 11 is 13.0. The molecule has 2 atom stereocenters. The van der Waals surface area contributed by atoms with Crippen molar-refractivity contribution in [2.24, 2.45) is 17.2 Å². The summed E-state index contributed by atoms with van der Waals surface area (Å²) in [4.78, 5) is 19.3. The van der Waals surface area contributed by atoms with E-state index in [0.29, 0.717) is 12.3 Å². The predicted molar refractivity (Wildman–Crippen MR) is 73.9 cm³/mol. The Hall–Kier alpha value is 0.493. The number of rotatable bonds is 5. The third kappa shape index (κ3) is 27.6. The van der Waals surface area contributed by atoms with Gasteiger partial charge in [-0.1, -0.05) is 0 Å². The zero-order chi connectivity index (χ0) is 15.1. The quantitative estimate of drug-likeness (QED) is 0.291. The SMILES string of the molecule is NCC[S-].N[C@@H](C[S-])C(=O)[O-].N[C@@H](C[S-])C(=O)[O-].[H+].[H+].[Rh+3]. The van der Waals surface area contributed by atoms with Crippen LogP contribution in [0.1, 0.15) is 2.85 Å². The monoisotopic (exact) mass is 419 g/mol. The van der Waals surface area contributed by atoms with Gasteiger partial charge in [-0.25, -0.2) is 0 Å². The first-order chi connectivity index (χ1) is 8.28. The van der Waals surface area contributed by atoms with Crippen molar-refractivity contribution in [1.29, 1.82) is 0 Å². The third-order valence-corrected chi connectivity index (χ3v) is 2.04. The van der Waals surface area contributed by atoms with E-state index in [-0.39, 0.29) is 33.8 Å². The molecule has 0 aromatic rings. The number of hydrogen-bond acceptors (Lipinski definition) is 10. The van der Waals surface area contributed by atoms with Gasteiger partial charge in [-0.2, -0.15) is 17.3 Å². The average Bonchev–Trinajstić information content (AvgIpc) is 2.37. The van der Waals surface area contributed by atoms with E-state index in [1.807, 2.05) is 0 Å². The Labute approximate surface area is 145 Å². The van der Waals surface area contributed by atoms with E-state index >= 15 is 0 Å². The van der Waals surface area contributed by atoms with Crippen LogP contribution in [-0.2, 0) is 67.0 Å². The molecule has 0 aliphatic carbocycles. The molecule has 0 unspecified atom stereocenters. The van der Waals surface area contributed by atoms with Crippen LogP contribution in [0, 0.1) is 0 Å². The molecule has 116 valence electrons. The summed E-state index contributed by atoms with van der Waals surface area (Å²) in [5.74, 6) is -1.85. The first kappa shape index (κ1) is 27.8. The van der Waals surface area contributed by atoms with Crippen LogP contribution in [0.25, 0.3) is 0 Å². The van der Waals surface area contributed by atoms with Gasteiger partial charge in [0.25, 0.3) is 0 Å². The van der Waals surface area contributed by atoms with Crippen molar-refractivity contribution in [1.82, 2.24) is 0 Å². The Kier molecular flexibility index (Phi) is 30.4. The molecule has 0 aromatic carbocycles. The van der Waals surface area contributed by atoms with Crippen LogP contribution in [0.4, 0.5) is 0 Å². The standard InChI is InChI=1S/2C3H7NO2S.C2H7NS.Rh/c2*4-2(1-7)3(5)6;3-1-2-4;/h2*2,7H,1,4H2,(H,5,6);4H,1-3H2;/q;;;+3/p-3/t2*2-;;/m00../s1. The molecule has 0 aromatic heterocycles. The van der Waals surface area contributed by atoms with E-state index in [1.165, 1.54) is 0 Å². The van der Waals surface area contributed by atoms with Crippen LogP contribution < -0.4 is 27.4 Å². The van der Waals surface area contributed by atoms with E-state index in [4.69, 9.17) is 17.2 Å². The molecule has 7 nitrogen and oxygen atoms in total. The first-order valence-electron chi connectivity index (χ1n) is 4.65. The molecule has 0 amide bonds. The molecule has 6 N–H and O–H groups in total. The number of hydrogen-bond donors (Lipinski definition) is 3. The van der Waals surface area contributed by atoms with Gasteiger partial charge >= 0.3 is 22.3 Å². The summed E-state index contributed by atoms with van der Waals surface area (Å²) < 4.78 is 0. The molecular weight excluding hydrogens is 401 g/mol. The van der Waals surface area contributed by atoms with E-state index in [1.54, 1.807) is 0 Å². The molecule has 0 aliphatic rings. The van der Waals surface area contributed by atoms with E-state index < -0.39 is 24.0 Å². The van der Waals surface area contributed by atoms with Gasteiger partial charge in [-0.3, -0.25) is 0 Å². The van der Waals surface area contributed by atoms with Gasteiger partial charge in [0, 0.05) is 12.1 Å². The zero-order valence-corrected chi connectivity index (χ0v) is 14.0. The fourth-order valence-corrected chi connectivity index (χ4v) is 0.408. The zero-order valence-electron chi connectivity index (χ0n) is 11.9. The molecule has 0 radical (unpaired) electrons. The van der Waals surface area contributed by atoms with Gasteiger partial charge in [-0.15, -0.1) is 0 Å². The van der Waals surface area contributed by atoms with Crippen LogP contribution >= 0.6 is 0 Å². The van der Waals surface area contributed by atoms with Crippen molar-refractivity contribution >= 4 is 49.8 Å². The second-order valence-corrected chi connectivity index (χ2v) is 3.75. The number of carbonyl (C=O) groups excluding carboxylic acids is 2. The molecule has 0 bridgehead atoms. The van der Waals surface area contributed by atoms with Gasteiger partial charge in [-0.05, 0) is 6.54 Å². The fourth-order valence-electron chi connectivity index (χ4n) is 0.136. The number of carboxylic acids is 2. The second-order valence-electron chi connectivity index (χ2n) is 2.68. The number of carboxylic acid groups (broad SMARTS) is 2. The molecule has 0 saturated carbocycles. The predicted octanol–water partition coefficient (Wildman–Crippen LogP) is -5.06. The minimum atomic E-state index is -1.28. The Morgan fingerprint density at radius 3 is 1.21 bits per heavy atom. The Morgan fingerprint density at radius 1 is 1.00 bits per heavy atom. The minimum absolute atomic E-state index is 0. The largest absolute Gasteiger partial charge is 3.00 e. The Morgan fingerprint density at radius 2 is 1.21 bits per heavy atom. The summed E-state index contributed by atoms with van der Waals surface area (Å²) in [5, 5.41) is 19.3. The topological polar surface area (TPSA) is 158 Å². The molecule has 0 aliphatic heterocycles. The normalized spacial score (nSPS) is 11.5. The van der Waals surface area contributed by atoms with E-state index in [2.05, 4.69) is 37.9 Å². The van der Waals surface area contributed by atoms with Crippen LogP contribution in [-0.4, -0.2) is 47.8 Å². The number of carbonyl (C=O) groups is 2. The minimum Gasteiger partial charge on any atom is -0.791 e. The molecule has 0 saturated heterocycles. The van der Waals surface area contributed by atoms with Crippen LogP contribution in [0.15, 0.2) is 0 Å². The van der Waals surface area contributed by atoms with E-state index in [9.17, 15) is 19.8 Å². The Balaban J connectivity index is -0.0000000388. The maximum atomic E-state index is 9.63. The van der Waals surface area contributed by atoms with Crippen molar-refractivity contribution in [3.63, 3.8) is 0 Å². The van der Waals surface area contributed by atoms with E-state index in [0.717, 1.165) is 0 Å². The summed E-state index contributed by atoms with van der Waals surface area (Å²) in [6.45, 7) is 0.634. The van der Waals surface area contributed by atoms with Crippen LogP contribution in [0.2, 0.25) is 0 Å². The van der Waals surface area contributed by atoms with Gasteiger partial charge in [0.1, 0.15) is 0 Å². The second kappa shape index (κ2) is 20.8. The third-order valence-electron chi connectivity index (χ3n) is 1.08. The summed E-state index contributed by atoms with van der Waals surface area (Å²) in [5.41, 5.74) is 14.6. The molecular formula is C8H18N3O4RhS3. The molecule has 0 fully saturated rings. The molecule has 0 spiro atoms. The van der Waals surface area contributed by atoms with Crippen molar-refractivity contribution in [2.75, 3.05) is 23.8 Å². The van der Waals surface area contributed by atoms with Crippen molar-refractivity contribution < 1.29 is 42.1 Å². The van der Waals surface area contributed by atoms with Crippen molar-refractivity contribution in [3.05, 3.63) is 0 Å². The first-order valence-corrected chi connectivity index (χ1v) is 6.38. The smallest absolute Gasteiger partial charge is 0.791 e. The van der Waals surface area contributed by atoms with Gasteiger partial charge < -0.3 is 74.9 Å². The van der Waals surface area contributed by atoms with Crippen molar-refractivity contribution in [3.8, 4) is 0 Å². The Bertz CT molecular complexity index is 215. The molecule has 0 rings (SSSR count). The summed E-state index contributed by atoms with van der Waals surface area (Å²) in [6, 6.07) is -1.95. The molecule has 0 heterocycles. The van der Waals surface area contributed by atoms with Gasteiger partial charge in [0.05, 0.1) is 11.9 Å². The number of nitrogens with two attached hydrogens (primary N) is 3. The summed E-state index contributed by atoms with van der Waals surface area (Å²) in [6.07, 6.45) is 0. The maximum Gasteiger partial charge on any atom is 3.00 e. The van der Waals surface area contributed by atoms with Crippen LogP contribution in [0.3, 0.4) is 0 Å². The van der Waals surface area contributed by atoms with Gasteiger partial charge in [0.15, 0.2) is 0 Å². The molecule has 11 heteroatoms. The summed E-state index contributed by atoms with van der Waals surface area (Å²) in [7, 11) is 0. The van der Waals surface area contributed by atoms with Crippen LogP contribution in [0.5, 0.6) is 0 Å².